The fourth-order valence-electron chi connectivity index (χ4n) is 0.618. The largest absolute Gasteiger partial charge is 0.341 e. The van der Waals surface area contributed by atoms with Crippen LogP contribution in [-0.4, -0.2) is 16.8 Å². The first-order valence-electron chi connectivity index (χ1n) is 2.81. The summed E-state index contributed by atoms with van der Waals surface area (Å²) in [6, 6.07) is 0.331. The lowest BCUT2D eigenvalue weighted by molar-refractivity contribution is 0.552. The van der Waals surface area contributed by atoms with E-state index in [0.29, 0.717) is 6.07 Å². The van der Waals surface area contributed by atoms with E-state index in [1.54, 1.807) is 0 Å². The molecule has 0 unspecified atom stereocenters. The van der Waals surface area contributed by atoms with Gasteiger partial charge in [0.05, 0.1) is 0 Å². The average molecular weight is 283 g/mol. The van der Waals surface area contributed by atoms with Crippen LogP contribution in [-0.2, 0) is 20.4 Å². The van der Waals surface area contributed by atoms with Crippen LogP contribution in [0.15, 0.2) is 15.2 Å². The van der Waals surface area contributed by atoms with Gasteiger partial charge in [-0.1, -0.05) is 15.5 Å². The van der Waals surface area contributed by atoms with Crippen LogP contribution in [0.4, 0.5) is 7.77 Å². The number of rotatable bonds is 2. The summed E-state index contributed by atoms with van der Waals surface area (Å²) in [5, 5.41) is 0. The molecule has 0 amide bonds. The van der Waals surface area contributed by atoms with Crippen LogP contribution < -0.4 is 0 Å². The lowest BCUT2D eigenvalue weighted by Gasteiger charge is -1.86. The highest BCUT2D eigenvalue weighted by atomic mass is 35.5. The zero-order valence-electron chi connectivity index (χ0n) is 6.07. The van der Waals surface area contributed by atoms with E-state index in [2.05, 4.69) is 0 Å². The third-order valence-electron chi connectivity index (χ3n) is 1.14. The fourth-order valence-corrected chi connectivity index (χ4v) is 3.78. The van der Waals surface area contributed by atoms with E-state index >= 15 is 0 Å². The zero-order chi connectivity index (χ0) is 11.1. The lowest BCUT2D eigenvalue weighted by Crippen LogP contribution is -1.90. The van der Waals surface area contributed by atoms with Gasteiger partial charge in [0.1, 0.15) is 9.23 Å². The van der Waals surface area contributed by atoms with Crippen LogP contribution in [0, 0.1) is 0 Å². The second kappa shape index (κ2) is 3.40. The summed E-state index contributed by atoms with van der Waals surface area (Å²) >= 11 is 5.34. The molecule has 4 nitrogen and oxygen atoms in total. The van der Waals surface area contributed by atoms with E-state index in [9.17, 15) is 24.6 Å². The first kappa shape index (κ1) is 11.8. The summed E-state index contributed by atoms with van der Waals surface area (Å²) in [7, 11) is -10.2. The van der Waals surface area contributed by atoms with Gasteiger partial charge in [-0.05, 0) is 6.07 Å². The van der Waals surface area contributed by atoms with E-state index in [-0.39, 0.29) is 11.3 Å². The zero-order valence-corrected chi connectivity index (χ0v) is 9.27. The molecule has 0 bridgehead atoms. The molecule has 80 valence electrons. The Morgan fingerprint density at radius 3 is 1.86 bits per heavy atom. The maximum atomic E-state index is 12.4. The fraction of sp³-hybridized carbons (Fsp3) is 0. The topological polar surface area (TPSA) is 68.3 Å². The lowest BCUT2D eigenvalue weighted by atomic mass is 10.7. The molecule has 0 N–H and O–H groups in total. The first-order valence-corrected chi connectivity index (χ1v) is 6.77. The quantitative estimate of drug-likeness (QED) is 0.775. The molecule has 1 aromatic heterocycles. The predicted molar refractivity (Wildman–Crippen MR) is 45.9 cm³/mol. The average Bonchev–Trinajstić information content (AvgIpc) is 2.27. The normalized spacial score (nSPS) is 13.1. The molecule has 1 rings (SSSR count). The molecule has 1 aromatic rings. The van der Waals surface area contributed by atoms with Crippen molar-refractivity contribution >= 4 is 43.4 Å². The second-order valence-electron chi connectivity index (χ2n) is 2.08. The Balaban J connectivity index is 3.49. The van der Waals surface area contributed by atoms with Gasteiger partial charge in [0.2, 0.25) is 0 Å². The van der Waals surface area contributed by atoms with E-state index in [4.69, 9.17) is 11.6 Å². The van der Waals surface area contributed by atoms with Crippen molar-refractivity contribution in [2.75, 3.05) is 0 Å². The van der Waals surface area contributed by atoms with Crippen molar-refractivity contribution in [3.8, 4) is 0 Å². The van der Waals surface area contributed by atoms with Crippen molar-refractivity contribution in [1.29, 1.82) is 0 Å². The van der Waals surface area contributed by atoms with Crippen LogP contribution >= 0.6 is 22.9 Å². The minimum atomic E-state index is -5.13. The Bertz CT molecular complexity index is 557. The molecule has 0 aromatic carbocycles. The molecule has 0 aliphatic rings. The summed E-state index contributed by atoms with van der Waals surface area (Å²) in [5.41, 5.74) is 0. The Labute approximate surface area is 87.5 Å². The van der Waals surface area contributed by atoms with Gasteiger partial charge < -0.3 is 0 Å². The van der Waals surface area contributed by atoms with Gasteiger partial charge >= 0.3 is 20.4 Å². The van der Waals surface area contributed by atoms with Crippen LogP contribution in [0.25, 0.3) is 0 Å². The molecule has 0 aliphatic heterocycles. The standard InChI is InChI=1S/C4HClF2O4S3/c5-4-2(13(6,8)9)1-3(12-4)14(7,10)11/h1H. The molecule has 0 saturated carbocycles. The maximum Gasteiger partial charge on any atom is 0.341 e. The molecular formula is C4HClF2O4S3. The van der Waals surface area contributed by atoms with E-state index in [0.717, 1.165) is 0 Å². The van der Waals surface area contributed by atoms with Gasteiger partial charge in [-0.15, -0.1) is 15.2 Å². The molecule has 14 heavy (non-hydrogen) atoms. The van der Waals surface area contributed by atoms with Gasteiger partial charge in [-0.3, -0.25) is 0 Å². The summed E-state index contributed by atoms with van der Waals surface area (Å²) < 4.78 is 64.3. The van der Waals surface area contributed by atoms with Crippen LogP contribution in [0.2, 0.25) is 4.34 Å². The summed E-state index contributed by atoms with van der Waals surface area (Å²) in [4.78, 5) is -1.04. The highest BCUT2D eigenvalue weighted by Gasteiger charge is 2.25. The molecule has 0 aliphatic carbocycles. The van der Waals surface area contributed by atoms with Gasteiger partial charge in [-0.25, -0.2) is 0 Å². The first-order chi connectivity index (χ1) is 6.12. The second-order valence-corrected chi connectivity index (χ2v) is 6.62. The Morgan fingerprint density at radius 1 is 1.14 bits per heavy atom. The maximum absolute atomic E-state index is 12.4. The smallest absolute Gasteiger partial charge is 0.189 e. The minimum Gasteiger partial charge on any atom is -0.189 e. The highest BCUT2D eigenvalue weighted by Crippen LogP contribution is 2.35. The number of halogens is 3. The van der Waals surface area contributed by atoms with E-state index in [1.165, 1.54) is 0 Å². The number of hydrogen-bond donors (Lipinski definition) is 0. The molecule has 0 saturated heterocycles. The van der Waals surface area contributed by atoms with Crippen LogP contribution in [0.3, 0.4) is 0 Å². The molecular weight excluding hydrogens is 282 g/mol. The van der Waals surface area contributed by atoms with E-state index < -0.39 is 33.9 Å². The summed E-state index contributed by atoms with van der Waals surface area (Å²) in [6.45, 7) is 0. The van der Waals surface area contributed by atoms with Crippen molar-refractivity contribution < 1.29 is 24.6 Å². The Kier molecular flexibility index (Phi) is 2.87. The predicted octanol–water partition coefficient (Wildman–Crippen LogP) is 1.72. The Hall–Kier alpha value is -0.250. The van der Waals surface area contributed by atoms with Crippen molar-refractivity contribution in [2.45, 2.75) is 9.10 Å². The van der Waals surface area contributed by atoms with Gasteiger partial charge in [-0.2, -0.15) is 16.8 Å². The monoisotopic (exact) mass is 282 g/mol. The SMILES string of the molecule is O=S(=O)(F)c1cc(S(=O)(=O)F)c(Cl)s1. The Morgan fingerprint density at radius 2 is 1.64 bits per heavy atom. The molecule has 0 radical (unpaired) electrons. The minimum absolute atomic E-state index is 0.131. The molecule has 0 atom stereocenters. The van der Waals surface area contributed by atoms with Crippen LogP contribution in [0.1, 0.15) is 0 Å². The van der Waals surface area contributed by atoms with Crippen molar-refractivity contribution in [2.24, 2.45) is 0 Å². The van der Waals surface area contributed by atoms with Crippen molar-refractivity contribution in [1.82, 2.24) is 0 Å². The summed E-state index contributed by atoms with van der Waals surface area (Å²) in [6.07, 6.45) is 0. The molecule has 0 fully saturated rings. The number of hydrogen-bond acceptors (Lipinski definition) is 5. The molecule has 10 heteroatoms. The third-order valence-corrected chi connectivity index (χ3v) is 4.82. The van der Waals surface area contributed by atoms with Crippen molar-refractivity contribution in [3.05, 3.63) is 10.4 Å². The number of thiophene rings is 1. The van der Waals surface area contributed by atoms with E-state index in [1.807, 2.05) is 0 Å². The van der Waals surface area contributed by atoms with Crippen LogP contribution in [0.5, 0.6) is 0 Å². The highest BCUT2D eigenvalue weighted by molar-refractivity contribution is 7.89. The van der Waals surface area contributed by atoms with Gasteiger partial charge in [0.25, 0.3) is 0 Å². The third kappa shape index (κ3) is 2.41. The van der Waals surface area contributed by atoms with Crippen molar-refractivity contribution in [3.63, 3.8) is 0 Å². The molecule has 0 spiro atoms. The van der Waals surface area contributed by atoms with Gasteiger partial charge in [0, 0.05) is 0 Å². The van der Waals surface area contributed by atoms with Gasteiger partial charge in [0.15, 0.2) is 4.21 Å². The molecule has 1 heterocycles. The summed E-state index contributed by atoms with van der Waals surface area (Å²) in [5.74, 6) is 0.